The molecule has 0 bridgehead atoms. The van der Waals surface area contributed by atoms with Crippen molar-refractivity contribution in [2.24, 2.45) is 5.92 Å². The molecule has 0 fully saturated rings. The normalized spacial score (nSPS) is 18.9. The molecule has 0 amide bonds. The van der Waals surface area contributed by atoms with E-state index in [-0.39, 0.29) is 17.5 Å². The highest BCUT2D eigenvalue weighted by Gasteiger charge is 2.23. The van der Waals surface area contributed by atoms with E-state index in [2.05, 4.69) is 0 Å². The first-order valence-electron chi connectivity index (χ1n) is 6.46. The topological polar surface area (TPSA) is 43.4 Å². The number of carbonyl (C=O) groups is 2. The van der Waals surface area contributed by atoms with E-state index in [9.17, 15) is 9.59 Å². The Hall–Kier alpha value is -1.90. The van der Waals surface area contributed by atoms with Crippen LogP contribution in [0.4, 0.5) is 0 Å². The first-order valence-corrected chi connectivity index (χ1v) is 6.46. The van der Waals surface area contributed by atoms with Gasteiger partial charge in [-0.1, -0.05) is 17.7 Å². The molecule has 1 atom stereocenters. The summed E-state index contributed by atoms with van der Waals surface area (Å²) in [6, 6.07) is 7.22. The number of methoxy groups -OCH3 is 1. The molecule has 1 aliphatic rings. The zero-order chi connectivity index (χ0) is 13.8. The van der Waals surface area contributed by atoms with E-state index in [0.29, 0.717) is 24.2 Å². The fraction of sp³-hybridized carbons (Fsp3) is 0.375. The zero-order valence-corrected chi connectivity index (χ0v) is 11.3. The molecule has 1 aromatic rings. The largest absolute Gasteiger partial charge is 0.496 e. The average molecular weight is 258 g/mol. The highest BCUT2D eigenvalue weighted by atomic mass is 16.5. The molecule has 0 saturated heterocycles. The number of Topliss-reactive ketones (excluding diaryl/α,β-unsaturated/α-hetero) is 1. The van der Waals surface area contributed by atoms with Crippen molar-refractivity contribution in [1.82, 2.24) is 0 Å². The van der Waals surface area contributed by atoms with Gasteiger partial charge >= 0.3 is 0 Å². The lowest BCUT2D eigenvalue weighted by Crippen LogP contribution is -2.17. The molecule has 3 nitrogen and oxygen atoms in total. The lowest BCUT2D eigenvalue weighted by molar-refractivity contribution is -0.115. The highest BCUT2D eigenvalue weighted by Crippen LogP contribution is 2.28. The Morgan fingerprint density at radius 2 is 2.05 bits per heavy atom. The second-order valence-corrected chi connectivity index (χ2v) is 5.06. The van der Waals surface area contributed by atoms with Crippen molar-refractivity contribution in [3.63, 3.8) is 0 Å². The van der Waals surface area contributed by atoms with Gasteiger partial charge in [0, 0.05) is 12.8 Å². The summed E-state index contributed by atoms with van der Waals surface area (Å²) in [6.45, 7) is 1.94. The second-order valence-electron chi connectivity index (χ2n) is 5.06. The van der Waals surface area contributed by atoms with Crippen molar-refractivity contribution in [2.45, 2.75) is 26.2 Å². The predicted octanol–water partition coefficient (Wildman–Crippen LogP) is 3.19. The van der Waals surface area contributed by atoms with Crippen molar-refractivity contribution < 1.29 is 14.3 Å². The van der Waals surface area contributed by atoms with E-state index in [4.69, 9.17) is 4.74 Å². The number of hydrogen-bond donors (Lipinski definition) is 0. The Morgan fingerprint density at radius 3 is 2.74 bits per heavy atom. The van der Waals surface area contributed by atoms with Gasteiger partial charge in [0.25, 0.3) is 0 Å². The first kappa shape index (κ1) is 13.5. The third kappa shape index (κ3) is 3.31. The maximum absolute atomic E-state index is 12.3. The third-order valence-corrected chi connectivity index (χ3v) is 3.39. The molecule has 1 unspecified atom stereocenters. The smallest absolute Gasteiger partial charge is 0.166 e. The van der Waals surface area contributed by atoms with Crippen LogP contribution >= 0.6 is 0 Å². The van der Waals surface area contributed by atoms with Crippen molar-refractivity contribution in [2.75, 3.05) is 7.11 Å². The van der Waals surface area contributed by atoms with Crippen LogP contribution in [0.15, 0.2) is 35.9 Å². The predicted molar refractivity (Wildman–Crippen MR) is 73.4 cm³/mol. The molecule has 0 aliphatic heterocycles. The minimum atomic E-state index is 0.0463. The molecule has 19 heavy (non-hydrogen) atoms. The number of rotatable bonds is 4. The van der Waals surface area contributed by atoms with Crippen molar-refractivity contribution in [3.8, 4) is 5.75 Å². The zero-order valence-electron chi connectivity index (χ0n) is 11.3. The van der Waals surface area contributed by atoms with Gasteiger partial charge in [-0.25, -0.2) is 0 Å². The van der Waals surface area contributed by atoms with E-state index >= 15 is 0 Å². The minimum Gasteiger partial charge on any atom is -0.496 e. The van der Waals surface area contributed by atoms with Gasteiger partial charge in [-0.05, 0) is 37.5 Å². The number of ketones is 2. The molecular formula is C16H18O3. The van der Waals surface area contributed by atoms with Gasteiger partial charge in [-0.3, -0.25) is 9.59 Å². The van der Waals surface area contributed by atoms with Crippen LogP contribution < -0.4 is 4.74 Å². The van der Waals surface area contributed by atoms with E-state index in [0.717, 1.165) is 12.0 Å². The number of hydrogen-bond acceptors (Lipinski definition) is 3. The lowest BCUT2D eigenvalue weighted by atomic mass is 9.84. The molecule has 0 radical (unpaired) electrons. The van der Waals surface area contributed by atoms with Gasteiger partial charge in [0.05, 0.1) is 12.7 Å². The quantitative estimate of drug-likeness (QED) is 0.779. The number of ether oxygens (including phenoxy) is 1. The molecule has 2 rings (SSSR count). The van der Waals surface area contributed by atoms with Crippen LogP contribution in [0.1, 0.15) is 36.5 Å². The fourth-order valence-electron chi connectivity index (χ4n) is 2.60. The van der Waals surface area contributed by atoms with E-state index < -0.39 is 0 Å². The molecule has 0 saturated carbocycles. The molecule has 0 heterocycles. The Bertz CT molecular complexity index is 529. The molecule has 100 valence electrons. The summed E-state index contributed by atoms with van der Waals surface area (Å²) in [7, 11) is 1.56. The maximum Gasteiger partial charge on any atom is 0.166 e. The van der Waals surface area contributed by atoms with Crippen LogP contribution in [-0.2, 0) is 4.79 Å². The standard InChI is InChI=1S/C16H18O3/c1-11-7-12(9-13(17)8-11)10-15(18)14-5-3-4-6-16(14)19-2/h3-6,8,12H,7,9-10H2,1-2H3. The summed E-state index contributed by atoms with van der Waals surface area (Å²) in [5, 5.41) is 0. The van der Waals surface area contributed by atoms with Crippen molar-refractivity contribution in [1.29, 1.82) is 0 Å². The summed E-state index contributed by atoms with van der Waals surface area (Å²) in [4.78, 5) is 23.8. The van der Waals surface area contributed by atoms with Crippen LogP contribution in [0.25, 0.3) is 0 Å². The van der Waals surface area contributed by atoms with Gasteiger partial charge in [0.1, 0.15) is 5.75 Å². The third-order valence-electron chi connectivity index (χ3n) is 3.39. The molecule has 3 heteroatoms. The Labute approximate surface area is 113 Å². The maximum atomic E-state index is 12.3. The van der Waals surface area contributed by atoms with Gasteiger partial charge in [0.2, 0.25) is 0 Å². The van der Waals surface area contributed by atoms with E-state index in [1.807, 2.05) is 19.1 Å². The highest BCUT2D eigenvalue weighted by molar-refractivity contribution is 5.99. The minimum absolute atomic E-state index is 0.0463. The molecular weight excluding hydrogens is 240 g/mol. The lowest BCUT2D eigenvalue weighted by Gasteiger charge is -2.19. The SMILES string of the molecule is COc1ccccc1C(=O)CC1CC(=O)C=C(C)C1. The van der Waals surface area contributed by atoms with Crippen LogP contribution in [0.3, 0.4) is 0 Å². The number of benzene rings is 1. The van der Waals surface area contributed by atoms with Crippen LogP contribution in [-0.4, -0.2) is 18.7 Å². The summed E-state index contributed by atoms with van der Waals surface area (Å²) in [5.41, 5.74) is 1.67. The number of carbonyl (C=O) groups excluding carboxylic acids is 2. The van der Waals surface area contributed by atoms with Crippen LogP contribution in [0.2, 0.25) is 0 Å². The summed E-state index contributed by atoms with van der Waals surface area (Å²) in [6.07, 6.45) is 3.38. The monoisotopic (exact) mass is 258 g/mol. The van der Waals surface area contributed by atoms with Gasteiger partial charge in [0.15, 0.2) is 11.6 Å². The molecule has 0 aromatic heterocycles. The molecule has 0 spiro atoms. The summed E-state index contributed by atoms with van der Waals surface area (Å²) >= 11 is 0. The Balaban J connectivity index is 2.09. The molecule has 1 aromatic carbocycles. The van der Waals surface area contributed by atoms with Gasteiger partial charge in [-0.2, -0.15) is 0 Å². The van der Waals surface area contributed by atoms with Crippen molar-refractivity contribution in [3.05, 3.63) is 41.5 Å². The molecule has 1 aliphatic carbocycles. The average Bonchev–Trinajstić information content (AvgIpc) is 2.37. The summed E-state index contributed by atoms with van der Waals surface area (Å²) in [5.74, 6) is 0.892. The van der Waals surface area contributed by atoms with E-state index in [1.54, 1.807) is 25.3 Å². The van der Waals surface area contributed by atoms with Crippen molar-refractivity contribution >= 4 is 11.6 Å². The van der Waals surface area contributed by atoms with Gasteiger partial charge < -0.3 is 4.74 Å². The fourth-order valence-corrected chi connectivity index (χ4v) is 2.60. The summed E-state index contributed by atoms with van der Waals surface area (Å²) < 4.78 is 5.20. The second kappa shape index (κ2) is 5.83. The number of para-hydroxylation sites is 1. The van der Waals surface area contributed by atoms with Crippen LogP contribution in [0.5, 0.6) is 5.75 Å². The van der Waals surface area contributed by atoms with Crippen LogP contribution in [0, 0.1) is 5.92 Å². The number of allylic oxidation sites excluding steroid dienone is 2. The van der Waals surface area contributed by atoms with E-state index in [1.165, 1.54) is 0 Å². The Kier molecular flexibility index (Phi) is 4.15. The Morgan fingerprint density at radius 1 is 1.32 bits per heavy atom. The first-order chi connectivity index (χ1) is 9.10. The molecule has 0 N–H and O–H groups in total. The van der Waals surface area contributed by atoms with Gasteiger partial charge in [-0.15, -0.1) is 0 Å².